The van der Waals surface area contributed by atoms with Crippen LogP contribution in [0.3, 0.4) is 0 Å². The van der Waals surface area contributed by atoms with Crippen LogP contribution in [0.1, 0.15) is 31.6 Å². The third-order valence-electron chi connectivity index (χ3n) is 6.08. The van der Waals surface area contributed by atoms with Crippen molar-refractivity contribution < 1.29 is 4.74 Å². The minimum Gasteiger partial charge on any atom is -0.378 e. The van der Waals surface area contributed by atoms with E-state index in [1.165, 1.54) is 0 Å². The molecule has 2 aliphatic heterocycles. The van der Waals surface area contributed by atoms with Gasteiger partial charge in [-0.3, -0.25) is 9.58 Å². The molecule has 2 aliphatic rings. The predicted molar refractivity (Wildman–Crippen MR) is 115 cm³/mol. The number of hydrogen-bond acceptors (Lipinski definition) is 7. The topological polar surface area (TPSA) is 77.1 Å². The van der Waals surface area contributed by atoms with E-state index < -0.39 is 0 Å². The quantitative estimate of drug-likeness (QED) is 0.575. The maximum absolute atomic E-state index is 6.30. The Hall–Kier alpha value is -2.23. The van der Waals surface area contributed by atoms with Gasteiger partial charge >= 0.3 is 0 Å². The van der Waals surface area contributed by atoms with Crippen LogP contribution in [0.15, 0.2) is 18.5 Å². The summed E-state index contributed by atoms with van der Waals surface area (Å²) in [4.78, 5) is 18.7. The van der Waals surface area contributed by atoms with E-state index in [1.54, 1.807) is 0 Å². The van der Waals surface area contributed by atoms with E-state index in [4.69, 9.17) is 21.3 Å². The minimum absolute atomic E-state index is 0.269. The summed E-state index contributed by atoms with van der Waals surface area (Å²) in [7, 11) is 0. The second kappa shape index (κ2) is 8.49. The van der Waals surface area contributed by atoms with Gasteiger partial charge in [0.25, 0.3) is 0 Å². The Labute approximate surface area is 180 Å². The summed E-state index contributed by atoms with van der Waals surface area (Å²) in [5, 5.41) is 4.68. The van der Waals surface area contributed by atoms with Gasteiger partial charge in [-0.1, -0.05) is 0 Å². The van der Waals surface area contributed by atoms with Crippen molar-refractivity contribution in [1.29, 1.82) is 0 Å². The maximum atomic E-state index is 6.30. The fourth-order valence-electron chi connectivity index (χ4n) is 4.49. The highest BCUT2D eigenvalue weighted by molar-refractivity contribution is 6.28. The lowest BCUT2D eigenvalue weighted by molar-refractivity contribution is 0.122. The first-order valence-corrected chi connectivity index (χ1v) is 11.1. The number of likely N-dealkylation sites (tertiary alicyclic amines) is 1. The third kappa shape index (κ3) is 3.77. The van der Waals surface area contributed by atoms with Gasteiger partial charge in [0.1, 0.15) is 5.82 Å². The second-order valence-corrected chi connectivity index (χ2v) is 8.19. The third-order valence-corrected chi connectivity index (χ3v) is 6.25. The first-order chi connectivity index (χ1) is 14.7. The van der Waals surface area contributed by atoms with E-state index >= 15 is 0 Å². The lowest BCUT2D eigenvalue weighted by Gasteiger charge is -2.31. The second-order valence-electron chi connectivity index (χ2n) is 7.85. The SMILES string of the molecule is CCn1c(CN2CCC(n3cccn3)CC2)nc2c(N3CCOCC3)nc(Cl)nc21. The number of piperidine rings is 1. The molecule has 0 amide bonds. The van der Waals surface area contributed by atoms with Crippen LogP contribution in [-0.4, -0.2) is 73.6 Å². The first kappa shape index (κ1) is 19.7. The van der Waals surface area contributed by atoms with Gasteiger partial charge in [-0.05, 0) is 37.4 Å². The fourth-order valence-corrected chi connectivity index (χ4v) is 4.65. The molecule has 0 radical (unpaired) electrons. The van der Waals surface area contributed by atoms with Crippen LogP contribution in [0.5, 0.6) is 0 Å². The molecule has 9 nitrogen and oxygen atoms in total. The minimum atomic E-state index is 0.269. The molecule has 2 fully saturated rings. The molecule has 2 saturated heterocycles. The van der Waals surface area contributed by atoms with Crippen molar-refractivity contribution in [3.63, 3.8) is 0 Å². The molecule has 3 aromatic heterocycles. The Morgan fingerprint density at radius 2 is 1.90 bits per heavy atom. The van der Waals surface area contributed by atoms with E-state index in [2.05, 4.69) is 47.2 Å². The number of aromatic nitrogens is 6. The molecule has 0 aliphatic carbocycles. The molecular formula is C20H27ClN8O. The summed E-state index contributed by atoms with van der Waals surface area (Å²) in [6.45, 7) is 8.74. The molecule has 5 heterocycles. The molecule has 0 spiro atoms. The molecular weight excluding hydrogens is 404 g/mol. The lowest BCUT2D eigenvalue weighted by atomic mass is 10.1. The zero-order valence-corrected chi connectivity index (χ0v) is 18.0. The van der Waals surface area contributed by atoms with E-state index in [1.807, 2.05) is 12.3 Å². The van der Waals surface area contributed by atoms with E-state index in [0.717, 1.165) is 74.9 Å². The number of morpholine rings is 1. The van der Waals surface area contributed by atoms with E-state index in [-0.39, 0.29) is 5.28 Å². The van der Waals surface area contributed by atoms with Gasteiger partial charge in [-0.15, -0.1) is 0 Å². The molecule has 3 aromatic rings. The summed E-state index contributed by atoms with van der Waals surface area (Å²) in [5.41, 5.74) is 1.66. The monoisotopic (exact) mass is 430 g/mol. The molecule has 0 bridgehead atoms. The summed E-state index contributed by atoms with van der Waals surface area (Å²) in [5.74, 6) is 1.84. The number of aryl methyl sites for hydroxylation is 1. The van der Waals surface area contributed by atoms with Crippen LogP contribution >= 0.6 is 11.6 Å². The Morgan fingerprint density at radius 1 is 1.10 bits per heavy atom. The molecule has 0 aromatic carbocycles. The van der Waals surface area contributed by atoms with Crippen molar-refractivity contribution in [3.8, 4) is 0 Å². The zero-order chi connectivity index (χ0) is 20.5. The van der Waals surface area contributed by atoms with Crippen molar-refractivity contribution in [1.82, 2.24) is 34.2 Å². The number of anilines is 1. The molecule has 30 heavy (non-hydrogen) atoms. The maximum Gasteiger partial charge on any atom is 0.226 e. The zero-order valence-electron chi connectivity index (χ0n) is 17.2. The van der Waals surface area contributed by atoms with Crippen molar-refractivity contribution in [3.05, 3.63) is 29.6 Å². The highest BCUT2D eigenvalue weighted by Gasteiger charge is 2.25. The van der Waals surface area contributed by atoms with Crippen LogP contribution in [0.4, 0.5) is 5.82 Å². The Bertz CT molecular complexity index is 990. The largest absolute Gasteiger partial charge is 0.378 e. The summed E-state index contributed by atoms with van der Waals surface area (Å²) in [6.07, 6.45) is 6.11. The Balaban J connectivity index is 1.39. The number of rotatable bonds is 5. The molecule has 0 saturated carbocycles. The first-order valence-electron chi connectivity index (χ1n) is 10.7. The Kier molecular flexibility index (Phi) is 5.58. The number of fused-ring (bicyclic) bond motifs is 1. The number of halogens is 1. The number of ether oxygens (including phenoxy) is 1. The summed E-state index contributed by atoms with van der Waals surface area (Å²) in [6, 6.07) is 2.48. The van der Waals surface area contributed by atoms with Gasteiger partial charge in [0, 0.05) is 45.1 Å². The standard InChI is InChI=1S/C20H27ClN8O/c1-2-28-16(14-26-8-4-15(5-9-26)29-7-3-6-22-29)23-17-18(24-20(21)25-19(17)28)27-10-12-30-13-11-27/h3,6-7,15H,2,4-5,8-14H2,1H3. The van der Waals surface area contributed by atoms with Crippen LogP contribution < -0.4 is 4.90 Å². The van der Waals surface area contributed by atoms with Crippen LogP contribution in [0.25, 0.3) is 11.2 Å². The molecule has 160 valence electrons. The van der Waals surface area contributed by atoms with Gasteiger partial charge in [0.15, 0.2) is 17.0 Å². The lowest BCUT2D eigenvalue weighted by Crippen LogP contribution is -2.37. The highest BCUT2D eigenvalue weighted by Crippen LogP contribution is 2.28. The van der Waals surface area contributed by atoms with Crippen LogP contribution in [-0.2, 0) is 17.8 Å². The van der Waals surface area contributed by atoms with E-state index in [9.17, 15) is 0 Å². The normalized spacial score (nSPS) is 19.1. The average Bonchev–Trinajstić information content (AvgIpc) is 3.42. The highest BCUT2D eigenvalue weighted by atomic mass is 35.5. The summed E-state index contributed by atoms with van der Waals surface area (Å²) >= 11 is 6.30. The van der Waals surface area contributed by atoms with Gasteiger partial charge < -0.3 is 14.2 Å². The smallest absolute Gasteiger partial charge is 0.226 e. The van der Waals surface area contributed by atoms with Crippen molar-refractivity contribution in [2.24, 2.45) is 0 Å². The molecule has 10 heteroatoms. The van der Waals surface area contributed by atoms with Crippen molar-refractivity contribution >= 4 is 28.6 Å². The predicted octanol–water partition coefficient (Wildman–Crippen LogP) is 2.37. The Morgan fingerprint density at radius 3 is 2.60 bits per heavy atom. The molecule has 0 N–H and O–H groups in total. The summed E-state index contributed by atoms with van der Waals surface area (Å²) < 4.78 is 9.75. The molecule has 0 unspecified atom stereocenters. The molecule has 0 atom stereocenters. The fraction of sp³-hybridized carbons (Fsp3) is 0.600. The van der Waals surface area contributed by atoms with Gasteiger partial charge in [-0.2, -0.15) is 15.1 Å². The number of nitrogens with zero attached hydrogens (tertiary/aromatic N) is 8. The van der Waals surface area contributed by atoms with Crippen LogP contribution in [0, 0.1) is 0 Å². The van der Waals surface area contributed by atoms with Gasteiger partial charge in [0.05, 0.1) is 25.8 Å². The van der Waals surface area contributed by atoms with Gasteiger partial charge in [-0.25, -0.2) is 4.98 Å². The van der Waals surface area contributed by atoms with Crippen molar-refractivity contribution in [2.75, 3.05) is 44.3 Å². The van der Waals surface area contributed by atoms with Gasteiger partial charge in [0.2, 0.25) is 5.28 Å². The number of imidazole rings is 1. The average molecular weight is 431 g/mol. The number of hydrogen-bond donors (Lipinski definition) is 0. The van der Waals surface area contributed by atoms with Crippen molar-refractivity contribution in [2.45, 2.75) is 38.9 Å². The van der Waals surface area contributed by atoms with Crippen LogP contribution in [0.2, 0.25) is 5.28 Å². The van der Waals surface area contributed by atoms with E-state index in [0.29, 0.717) is 19.3 Å². The molecule has 5 rings (SSSR count).